The molecule has 35 heavy (non-hydrogen) atoms. The van der Waals surface area contributed by atoms with Gasteiger partial charge in [0.2, 0.25) is 0 Å². The summed E-state index contributed by atoms with van der Waals surface area (Å²) in [5.41, 5.74) is 0.480. The van der Waals surface area contributed by atoms with Crippen molar-refractivity contribution in [1.29, 1.82) is 0 Å². The topological polar surface area (TPSA) is 80.2 Å². The summed E-state index contributed by atoms with van der Waals surface area (Å²) in [5.74, 6) is -0.983. The fourth-order valence-corrected chi connectivity index (χ4v) is 3.85. The fraction of sp³-hybridized carbons (Fsp3) is 0.292. The van der Waals surface area contributed by atoms with E-state index in [4.69, 9.17) is 16.3 Å². The normalized spacial score (nSPS) is 17.5. The minimum atomic E-state index is -4.83. The molecule has 7 nitrogen and oxygen atoms in total. The lowest BCUT2D eigenvalue weighted by Gasteiger charge is -2.28. The van der Waals surface area contributed by atoms with E-state index >= 15 is 0 Å². The Morgan fingerprint density at radius 1 is 1.17 bits per heavy atom. The van der Waals surface area contributed by atoms with Crippen molar-refractivity contribution in [3.63, 3.8) is 0 Å². The van der Waals surface area contributed by atoms with Gasteiger partial charge in [0.15, 0.2) is 0 Å². The molecule has 2 aromatic rings. The number of rotatable bonds is 7. The molecule has 1 heterocycles. The van der Waals surface area contributed by atoms with Crippen LogP contribution in [0.4, 0.5) is 23.7 Å². The van der Waals surface area contributed by atoms with Crippen molar-refractivity contribution in [3.05, 3.63) is 71.3 Å². The summed E-state index contributed by atoms with van der Waals surface area (Å²) in [4.78, 5) is 26.2. The Balaban J connectivity index is 1.92. The number of allylic oxidation sites excluding steroid dienone is 1. The number of alkyl halides is 3. The molecule has 1 atom stereocenters. The zero-order chi connectivity index (χ0) is 25.8. The van der Waals surface area contributed by atoms with Crippen LogP contribution in [0.5, 0.6) is 5.75 Å². The molecule has 0 aliphatic carbocycles. The zero-order valence-corrected chi connectivity index (χ0v) is 19.7. The van der Waals surface area contributed by atoms with Crippen LogP contribution in [0.25, 0.3) is 0 Å². The number of carbonyl (C=O) groups is 2. The van der Waals surface area contributed by atoms with Crippen LogP contribution in [0.2, 0.25) is 5.02 Å². The van der Waals surface area contributed by atoms with Gasteiger partial charge in [-0.25, -0.2) is 9.80 Å². The van der Waals surface area contributed by atoms with Crippen LogP contribution in [-0.2, 0) is 9.53 Å². The second-order valence-corrected chi connectivity index (χ2v) is 8.39. The lowest BCUT2D eigenvalue weighted by atomic mass is 9.75. The number of carbonyl (C=O) groups excluding carboxylic acids is 2. The number of nitrogens with one attached hydrogen (secondary N) is 1. The molecule has 1 aliphatic rings. The van der Waals surface area contributed by atoms with Crippen LogP contribution in [-0.4, -0.2) is 42.2 Å². The molecule has 0 radical (unpaired) electrons. The van der Waals surface area contributed by atoms with Gasteiger partial charge in [0.05, 0.1) is 18.9 Å². The van der Waals surface area contributed by atoms with E-state index < -0.39 is 29.5 Å². The highest BCUT2D eigenvalue weighted by molar-refractivity contribution is 6.30. The summed E-state index contributed by atoms with van der Waals surface area (Å²) >= 11 is 6.01. The van der Waals surface area contributed by atoms with Gasteiger partial charge in [-0.05, 0) is 62.2 Å². The summed E-state index contributed by atoms with van der Waals surface area (Å²) in [5, 5.41) is 8.58. The quantitative estimate of drug-likeness (QED) is 0.366. The van der Waals surface area contributed by atoms with Gasteiger partial charge in [-0.3, -0.25) is 4.79 Å². The molecule has 0 bridgehead atoms. The van der Waals surface area contributed by atoms with Crippen LogP contribution in [0, 0.1) is 5.41 Å². The predicted molar refractivity (Wildman–Crippen MR) is 125 cm³/mol. The number of nitrogens with zero attached hydrogens (tertiary/aromatic N) is 2. The number of hydrogen-bond acceptors (Lipinski definition) is 5. The molecular formula is C24H23ClF3N3O4. The van der Waals surface area contributed by atoms with Crippen LogP contribution in [0.1, 0.15) is 25.8 Å². The Labute approximate surface area is 205 Å². The molecule has 11 heteroatoms. The first kappa shape index (κ1) is 26.1. The maximum Gasteiger partial charge on any atom is 0.573 e. The minimum Gasteiger partial charge on any atom is -0.465 e. The third-order valence-corrected chi connectivity index (χ3v) is 5.31. The summed E-state index contributed by atoms with van der Waals surface area (Å²) in [7, 11) is 0. The lowest BCUT2D eigenvalue weighted by molar-refractivity contribution is -0.274. The first-order valence-electron chi connectivity index (χ1n) is 10.5. The number of urea groups is 1. The van der Waals surface area contributed by atoms with E-state index in [1.807, 2.05) is 0 Å². The van der Waals surface area contributed by atoms with E-state index in [0.29, 0.717) is 21.9 Å². The molecule has 1 aliphatic heterocycles. The van der Waals surface area contributed by atoms with Crippen molar-refractivity contribution in [3.8, 4) is 5.75 Å². The first-order chi connectivity index (χ1) is 16.4. The molecule has 1 unspecified atom stereocenters. The molecule has 0 aromatic heterocycles. The second kappa shape index (κ2) is 10.4. The Morgan fingerprint density at radius 3 is 2.34 bits per heavy atom. The first-order valence-corrected chi connectivity index (χ1v) is 10.9. The van der Waals surface area contributed by atoms with Crippen molar-refractivity contribution in [2.45, 2.75) is 26.6 Å². The summed E-state index contributed by atoms with van der Waals surface area (Å²) in [6, 6.07) is 10.6. The number of hydrazone groups is 1. The van der Waals surface area contributed by atoms with Crippen LogP contribution >= 0.6 is 11.6 Å². The number of benzene rings is 2. The smallest absolute Gasteiger partial charge is 0.465 e. The SMILES string of the molecule is C=C(C)CC1(C(=O)OCC)CN(C(=O)Nc2ccc(OC(F)(F)F)cc2)N=C1c1ccc(Cl)cc1. The van der Waals surface area contributed by atoms with Gasteiger partial charge in [0.25, 0.3) is 0 Å². The maximum absolute atomic E-state index is 13.2. The monoisotopic (exact) mass is 509 g/mol. The van der Waals surface area contributed by atoms with Gasteiger partial charge in [0.1, 0.15) is 11.2 Å². The lowest BCUT2D eigenvalue weighted by Crippen LogP contribution is -2.45. The van der Waals surface area contributed by atoms with Gasteiger partial charge in [-0.15, -0.1) is 19.8 Å². The number of amides is 2. The Kier molecular flexibility index (Phi) is 7.74. The van der Waals surface area contributed by atoms with Crippen LogP contribution in [0.3, 0.4) is 0 Å². The highest BCUT2D eigenvalue weighted by Crippen LogP contribution is 2.39. The minimum absolute atomic E-state index is 0.127. The molecule has 1 N–H and O–H groups in total. The number of anilines is 1. The standard InChI is InChI=1S/C24H23ClF3N3O4/c1-4-34-21(32)23(13-15(2)3)14-31(30-20(23)16-5-7-17(25)8-6-16)22(33)29-18-9-11-19(12-10-18)35-24(26,27)28/h5-12H,2,4,13-14H2,1,3H3,(H,29,33). The average Bonchev–Trinajstić information content (AvgIpc) is 3.15. The van der Waals surface area contributed by atoms with Crippen LogP contribution in [0.15, 0.2) is 65.8 Å². The molecule has 0 spiro atoms. The molecule has 2 amide bonds. The van der Waals surface area contributed by atoms with E-state index in [1.54, 1.807) is 38.1 Å². The molecule has 0 saturated heterocycles. The Bertz CT molecular complexity index is 1130. The van der Waals surface area contributed by atoms with Gasteiger partial charge in [0, 0.05) is 10.7 Å². The van der Waals surface area contributed by atoms with Gasteiger partial charge < -0.3 is 14.8 Å². The number of halogens is 4. The fourth-order valence-electron chi connectivity index (χ4n) is 3.73. The molecule has 2 aromatic carbocycles. The third kappa shape index (κ3) is 6.33. The van der Waals surface area contributed by atoms with E-state index in [9.17, 15) is 22.8 Å². The van der Waals surface area contributed by atoms with Gasteiger partial charge in [-0.2, -0.15) is 5.10 Å². The summed E-state index contributed by atoms with van der Waals surface area (Å²) in [6.45, 7) is 7.36. The van der Waals surface area contributed by atoms with E-state index in [-0.39, 0.29) is 25.3 Å². The van der Waals surface area contributed by atoms with Crippen LogP contribution < -0.4 is 10.1 Å². The zero-order valence-electron chi connectivity index (χ0n) is 19.0. The number of hydrogen-bond donors (Lipinski definition) is 1. The molecular weight excluding hydrogens is 487 g/mol. The summed E-state index contributed by atoms with van der Waals surface area (Å²) in [6.07, 6.45) is -4.65. The van der Waals surface area contributed by atoms with Crippen molar-refractivity contribution in [1.82, 2.24) is 5.01 Å². The second-order valence-electron chi connectivity index (χ2n) is 7.95. The molecule has 0 fully saturated rings. The Hall–Kier alpha value is -3.53. The highest BCUT2D eigenvalue weighted by Gasteiger charge is 2.52. The molecule has 3 rings (SSSR count). The third-order valence-electron chi connectivity index (χ3n) is 5.05. The van der Waals surface area contributed by atoms with Gasteiger partial charge >= 0.3 is 18.4 Å². The van der Waals surface area contributed by atoms with Crippen molar-refractivity contribution in [2.24, 2.45) is 10.5 Å². The largest absolute Gasteiger partial charge is 0.573 e. The van der Waals surface area contributed by atoms with Crippen molar-refractivity contribution >= 4 is 35.0 Å². The Morgan fingerprint density at radius 2 is 1.80 bits per heavy atom. The average molecular weight is 510 g/mol. The van der Waals surface area contributed by atoms with Gasteiger partial charge in [-0.1, -0.05) is 29.3 Å². The molecule has 186 valence electrons. The predicted octanol–water partition coefficient (Wildman–Crippen LogP) is 6.01. The van der Waals surface area contributed by atoms with E-state index in [1.165, 1.54) is 12.1 Å². The highest BCUT2D eigenvalue weighted by atomic mass is 35.5. The summed E-state index contributed by atoms with van der Waals surface area (Å²) < 4.78 is 46.3. The van der Waals surface area contributed by atoms with E-state index in [2.05, 4.69) is 21.7 Å². The van der Waals surface area contributed by atoms with Crippen molar-refractivity contribution < 1.29 is 32.2 Å². The maximum atomic E-state index is 13.2. The van der Waals surface area contributed by atoms with E-state index in [0.717, 1.165) is 17.1 Å². The number of ether oxygens (including phenoxy) is 2. The van der Waals surface area contributed by atoms with Crippen molar-refractivity contribution in [2.75, 3.05) is 18.5 Å². The molecule has 0 saturated carbocycles. The number of esters is 1.